The first kappa shape index (κ1) is 36.6. The number of halogens is 4. The third-order valence-corrected chi connectivity index (χ3v) is 9.58. The minimum atomic E-state index is -0.524. The summed E-state index contributed by atoms with van der Waals surface area (Å²) in [7, 11) is 0. The van der Waals surface area contributed by atoms with E-state index in [4.69, 9.17) is 23.2 Å². The summed E-state index contributed by atoms with van der Waals surface area (Å²) >= 11 is 11.7. The maximum Gasteiger partial charge on any atom is 0.326 e. The monoisotopic (exact) mass is 800 g/mol. The summed E-state index contributed by atoms with van der Waals surface area (Å²) in [5.74, 6) is 1.70. The van der Waals surface area contributed by atoms with Crippen LogP contribution in [0.3, 0.4) is 0 Å². The molecule has 19 heteroatoms. The lowest BCUT2D eigenvalue weighted by Crippen LogP contribution is -2.20. The molecule has 0 atom stereocenters. The topological polar surface area (TPSA) is 195 Å². The van der Waals surface area contributed by atoms with Gasteiger partial charge in [0.25, 0.3) is 0 Å². The number of hydrogen-bond donors (Lipinski definition) is 6. The predicted molar refractivity (Wildman–Crippen MR) is 207 cm³/mol. The molecular weight excluding hydrogens is 769 g/mol. The summed E-state index contributed by atoms with van der Waals surface area (Å²) in [4.78, 5) is 41.1. The van der Waals surface area contributed by atoms with Gasteiger partial charge in [0.15, 0.2) is 23.1 Å². The SMILES string of the molecule is O=Cc1cnn2c(NCC3CC3)cc(Nc3ccc(F)c(Cl)c3)nc12.O=c1[nH]c(O)c(C=c2cnn3c(=NCC4CC4)cc(Nc4ccc(F)c(Cl)c4)nc23)[nH]1. The highest BCUT2D eigenvalue weighted by molar-refractivity contribution is 6.31. The first-order chi connectivity index (χ1) is 27.1. The lowest BCUT2D eigenvalue weighted by atomic mass is 10.3. The summed E-state index contributed by atoms with van der Waals surface area (Å²) in [6.45, 7) is 1.53. The molecule has 15 nitrogen and oxygen atoms in total. The van der Waals surface area contributed by atoms with Crippen LogP contribution >= 0.6 is 23.2 Å². The number of aromatic amines is 2. The predicted octanol–water partition coefficient (Wildman–Crippen LogP) is 5.75. The number of carbonyl (C=O) groups excluding carboxylic acids is 1. The van der Waals surface area contributed by atoms with E-state index in [2.05, 4.69) is 51.1 Å². The van der Waals surface area contributed by atoms with Gasteiger partial charge in [-0.25, -0.2) is 23.5 Å². The van der Waals surface area contributed by atoms with Gasteiger partial charge in [-0.15, -0.1) is 0 Å². The second-order valence-electron chi connectivity index (χ2n) is 13.4. The van der Waals surface area contributed by atoms with E-state index in [1.807, 2.05) is 0 Å². The van der Waals surface area contributed by atoms with Gasteiger partial charge in [-0.1, -0.05) is 23.2 Å². The summed E-state index contributed by atoms with van der Waals surface area (Å²) in [5, 5.41) is 28.6. The number of fused-ring (bicyclic) bond motifs is 2. The molecule has 2 saturated carbocycles. The van der Waals surface area contributed by atoms with Crippen molar-refractivity contribution in [3.63, 3.8) is 0 Å². The van der Waals surface area contributed by atoms with Gasteiger partial charge in [0.2, 0.25) is 5.88 Å². The number of aromatic hydroxyl groups is 1. The minimum Gasteiger partial charge on any atom is -0.493 e. The van der Waals surface area contributed by atoms with E-state index >= 15 is 0 Å². The van der Waals surface area contributed by atoms with Crippen LogP contribution in [0.15, 0.2) is 70.7 Å². The highest BCUT2D eigenvalue weighted by Crippen LogP contribution is 2.31. The Hall–Kier alpha value is -6.33. The largest absolute Gasteiger partial charge is 0.493 e. The summed E-state index contributed by atoms with van der Waals surface area (Å²) in [6, 6.07) is 12.2. The fraction of sp³-hybridized carbons (Fsp3) is 0.216. The molecule has 56 heavy (non-hydrogen) atoms. The van der Waals surface area contributed by atoms with Crippen LogP contribution in [0.4, 0.5) is 37.6 Å². The van der Waals surface area contributed by atoms with Gasteiger partial charge < -0.3 is 26.0 Å². The van der Waals surface area contributed by atoms with Crippen molar-refractivity contribution in [2.24, 2.45) is 16.8 Å². The molecule has 0 unspecified atom stereocenters. The summed E-state index contributed by atoms with van der Waals surface area (Å²) < 4.78 is 30.0. The van der Waals surface area contributed by atoms with E-state index in [1.165, 1.54) is 43.3 Å². The normalized spacial score (nSPS) is 14.6. The standard InChI is InChI=1S/C20H17ClFN7O2.C17H15ClFN5O/c21-13-6-12(3-4-14(13)22)25-16-7-17(23-8-10-1-2-10)29-18(27-16)11(9-24-29)5-15-19(30)28-20(31)26-15;18-13-5-12(3-4-14(13)19)22-15-6-16(20-7-10-1-2-10)24-17(23-15)11(9-25)8-21-24/h3-7,9-10,25,30H,1-2,8H2,(H2,26,28,31);3-6,8-10,20H,1-2,7H2,(H,22,23). The molecule has 0 aliphatic heterocycles. The smallest absolute Gasteiger partial charge is 0.326 e. The van der Waals surface area contributed by atoms with Crippen molar-refractivity contribution in [1.29, 1.82) is 0 Å². The molecule has 5 aromatic heterocycles. The number of imidazole rings is 1. The first-order valence-corrected chi connectivity index (χ1v) is 18.3. The van der Waals surface area contributed by atoms with Crippen molar-refractivity contribution in [3.05, 3.63) is 115 Å². The quantitative estimate of drug-likeness (QED) is 0.0878. The third-order valence-electron chi connectivity index (χ3n) is 9.00. The number of rotatable bonds is 11. The molecule has 5 heterocycles. The van der Waals surface area contributed by atoms with Crippen molar-refractivity contribution in [2.75, 3.05) is 29.0 Å². The Labute approximate surface area is 325 Å². The Morgan fingerprint density at radius 3 is 2.11 bits per heavy atom. The molecule has 7 aromatic rings. The Bertz CT molecular complexity index is 2790. The molecule has 0 amide bonds. The molecule has 2 fully saturated rings. The van der Waals surface area contributed by atoms with Crippen LogP contribution < -0.4 is 32.3 Å². The average Bonchev–Trinajstić information content (AvgIpc) is 4.09. The van der Waals surface area contributed by atoms with Crippen molar-refractivity contribution in [3.8, 4) is 5.88 Å². The van der Waals surface area contributed by atoms with Crippen molar-refractivity contribution in [1.82, 2.24) is 39.2 Å². The molecule has 286 valence electrons. The van der Waals surface area contributed by atoms with E-state index in [0.717, 1.165) is 31.5 Å². The molecule has 2 aromatic carbocycles. The van der Waals surface area contributed by atoms with E-state index in [-0.39, 0.29) is 21.6 Å². The van der Waals surface area contributed by atoms with Crippen molar-refractivity contribution in [2.45, 2.75) is 25.7 Å². The molecule has 2 aliphatic carbocycles. The van der Waals surface area contributed by atoms with Crippen LogP contribution in [-0.4, -0.2) is 63.6 Å². The molecule has 9 rings (SSSR count). The molecule has 6 N–H and O–H groups in total. The highest BCUT2D eigenvalue weighted by atomic mass is 35.5. The summed E-state index contributed by atoms with van der Waals surface area (Å²) in [6.07, 6.45) is 10.1. The van der Waals surface area contributed by atoms with E-state index < -0.39 is 17.3 Å². The van der Waals surface area contributed by atoms with Gasteiger partial charge in [-0.05, 0) is 80.0 Å². The maximum atomic E-state index is 13.5. The number of benzene rings is 2. The fourth-order valence-electron chi connectivity index (χ4n) is 5.68. The lowest BCUT2D eigenvalue weighted by Gasteiger charge is -2.12. The second-order valence-corrected chi connectivity index (χ2v) is 14.2. The molecule has 0 bridgehead atoms. The molecular formula is C37H32Cl2F2N12O3. The number of aldehydes is 1. The fourth-order valence-corrected chi connectivity index (χ4v) is 6.04. The van der Waals surface area contributed by atoms with Gasteiger partial charge in [-0.3, -0.25) is 14.8 Å². The first-order valence-electron chi connectivity index (χ1n) is 17.5. The number of nitrogens with zero attached hydrogens (tertiary/aromatic N) is 7. The Balaban J connectivity index is 0.000000161. The minimum absolute atomic E-state index is 0.00464. The van der Waals surface area contributed by atoms with Gasteiger partial charge in [0, 0.05) is 41.8 Å². The average molecular weight is 802 g/mol. The van der Waals surface area contributed by atoms with Gasteiger partial charge in [-0.2, -0.15) is 19.2 Å². The molecule has 0 spiro atoms. The maximum absolute atomic E-state index is 13.5. The van der Waals surface area contributed by atoms with Crippen LogP contribution in [0.5, 0.6) is 5.88 Å². The summed E-state index contributed by atoms with van der Waals surface area (Å²) in [5.41, 5.74) is 2.76. The zero-order valence-corrected chi connectivity index (χ0v) is 30.7. The number of H-pyrrole nitrogens is 2. The van der Waals surface area contributed by atoms with E-state index in [1.54, 1.807) is 45.6 Å². The Morgan fingerprint density at radius 1 is 0.857 bits per heavy atom. The molecule has 2 aliphatic rings. The number of aromatic nitrogens is 8. The zero-order chi connectivity index (χ0) is 38.9. The third kappa shape index (κ3) is 8.33. The van der Waals surface area contributed by atoms with Crippen LogP contribution in [0.1, 0.15) is 41.7 Å². The molecule has 0 radical (unpaired) electrons. The lowest BCUT2D eigenvalue weighted by molar-refractivity contribution is 0.112. The van der Waals surface area contributed by atoms with Crippen molar-refractivity contribution >= 4 is 75.7 Å². The van der Waals surface area contributed by atoms with Gasteiger partial charge in [0.05, 0.1) is 28.0 Å². The van der Waals surface area contributed by atoms with Crippen LogP contribution in [0.2, 0.25) is 10.0 Å². The van der Waals surface area contributed by atoms with Crippen LogP contribution in [-0.2, 0) is 0 Å². The van der Waals surface area contributed by atoms with Crippen LogP contribution in [0.25, 0.3) is 17.4 Å². The molecule has 0 saturated heterocycles. The van der Waals surface area contributed by atoms with E-state index in [9.17, 15) is 23.5 Å². The number of carbonyl (C=O) groups is 1. The zero-order valence-electron chi connectivity index (χ0n) is 29.2. The van der Waals surface area contributed by atoms with Crippen molar-refractivity contribution < 1.29 is 18.7 Å². The number of hydrogen-bond acceptors (Lipinski definition) is 11. The number of anilines is 5. The Kier molecular flexibility index (Phi) is 10.1. The van der Waals surface area contributed by atoms with Crippen LogP contribution in [0, 0.1) is 23.5 Å². The second kappa shape index (κ2) is 15.4. The van der Waals surface area contributed by atoms with E-state index in [0.29, 0.717) is 69.0 Å². The van der Waals surface area contributed by atoms with Gasteiger partial charge in [0.1, 0.15) is 34.8 Å². The Morgan fingerprint density at radius 2 is 1.50 bits per heavy atom. The highest BCUT2D eigenvalue weighted by Gasteiger charge is 2.22. The van der Waals surface area contributed by atoms with Gasteiger partial charge >= 0.3 is 5.69 Å². The number of nitrogens with one attached hydrogen (secondary N) is 5.